The van der Waals surface area contributed by atoms with Gasteiger partial charge in [-0.2, -0.15) is 0 Å². The van der Waals surface area contributed by atoms with E-state index in [1.165, 1.54) is 0 Å². The Balaban J connectivity index is 1.70. The topological polar surface area (TPSA) is 76.6 Å². The van der Waals surface area contributed by atoms with Crippen LogP contribution in [0.4, 0.5) is 11.6 Å². The summed E-state index contributed by atoms with van der Waals surface area (Å²) >= 11 is 3.37. The number of anilines is 2. The average molecular weight is 393 g/mol. The van der Waals surface area contributed by atoms with Gasteiger partial charge < -0.3 is 19.7 Å². The van der Waals surface area contributed by atoms with Gasteiger partial charge in [0.1, 0.15) is 5.75 Å². The van der Waals surface area contributed by atoms with Crippen LogP contribution in [0.5, 0.6) is 5.75 Å². The Morgan fingerprint density at radius 3 is 2.67 bits per heavy atom. The molecule has 1 fully saturated rings. The second-order valence-corrected chi connectivity index (χ2v) is 6.03. The Kier molecular flexibility index (Phi) is 5.27. The summed E-state index contributed by atoms with van der Waals surface area (Å²) in [6, 6.07) is 5.22. The van der Waals surface area contributed by atoms with E-state index in [-0.39, 0.29) is 5.91 Å². The third kappa shape index (κ3) is 3.82. The SMILES string of the molecule is COc1ccc(Br)c(C(=O)Nc2cnc(N3CCOCC3)nc2)c1. The first-order valence-corrected chi connectivity index (χ1v) is 8.26. The highest BCUT2D eigenvalue weighted by Crippen LogP contribution is 2.23. The number of hydrogen-bond acceptors (Lipinski definition) is 6. The minimum atomic E-state index is -0.261. The van der Waals surface area contributed by atoms with Gasteiger partial charge in [0.2, 0.25) is 5.95 Å². The van der Waals surface area contributed by atoms with Crippen molar-refractivity contribution in [1.82, 2.24) is 9.97 Å². The Bertz CT molecular complexity index is 718. The fourth-order valence-electron chi connectivity index (χ4n) is 2.32. The third-order valence-corrected chi connectivity index (χ3v) is 4.30. The summed E-state index contributed by atoms with van der Waals surface area (Å²) in [7, 11) is 1.56. The molecule has 0 atom stereocenters. The minimum Gasteiger partial charge on any atom is -0.497 e. The molecule has 8 heteroatoms. The van der Waals surface area contributed by atoms with Crippen LogP contribution in [0.15, 0.2) is 35.1 Å². The maximum absolute atomic E-state index is 12.4. The van der Waals surface area contributed by atoms with Crippen molar-refractivity contribution in [3.63, 3.8) is 0 Å². The summed E-state index contributed by atoms with van der Waals surface area (Å²) in [5.74, 6) is 0.990. The number of methoxy groups -OCH3 is 1. The van der Waals surface area contributed by atoms with Crippen molar-refractivity contribution in [3.8, 4) is 5.75 Å². The smallest absolute Gasteiger partial charge is 0.257 e. The zero-order valence-electron chi connectivity index (χ0n) is 13.2. The lowest BCUT2D eigenvalue weighted by molar-refractivity contribution is 0.102. The van der Waals surface area contributed by atoms with E-state index < -0.39 is 0 Å². The van der Waals surface area contributed by atoms with Gasteiger partial charge in [0.05, 0.1) is 44.0 Å². The van der Waals surface area contributed by atoms with Gasteiger partial charge in [0, 0.05) is 17.6 Å². The molecule has 2 heterocycles. The first kappa shape index (κ1) is 16.7. The van der Waals surface area contributed by atoms with E-state index >= 15 is 0 Å². The highest BCUT2D eigenvalue weighted by Gasteiger charge is 2.15. The summed E-state index contributed by atoms with van der Waals surface area (Å²) in [6.07, 6.45) is 3.20. The molecule has 1 aliphatic rings. The molecule has 0 unspecified atom stereocenters. The summed E-state index contributed by atoms with van der Waals surface area (Å²) in [6.45, 7) is 2.88. The minimum absolute atomic E-state index is 0.261. The molecule has 24 heavy (non-hydrogen) atoms. The standard InChI is InChI=1S/C16H17BrN4O3/c1-23-12-2-3-14(17)13(8-12)15(22)20-11-9-18-16(19-10-11)21-4-6-24-7-5-21/h2-3,8-10H,4-7H2,1H3,(H,20,22). The normalized spacial score (nSPS) is 14.3. The van der Waals surface area contributed by atoms with Crippen LogP contribution in [-0.2, 0) is 4.74 Å². The van der Waals surface area contributed by atoms with Crippen molar-refractivity contribution in [1.29, 1.82) is 0 Å². The molecule has 1 saturated heterocycles. The van der Waals surface area contributed by atoms with E-state index in [1.807, 2.05) is 4.90 Å². The van der Waals surface area contributed by atoms with Crippen LogP contribution in [0.25, 0.3) is 0 Å². The van der Waals surface area contributed by atoms with E-state index in [2.05, 4.69) is 31.2 Å². The quantitative estimate of drug-likeness (QED) is 0.860. The summed E-state index contributed by atoms with van der Waals surface area (Å²) in [5, 5.41) is 2.79. The van der Waals surface area contributed by atoms with Crippen LogP contribution >= 0.6 is 15.9 Å². The van der Waals surface area contributed by atoms with Gasteiger partial charge in [-0.1, -0.05) is 0 Å². The maximum Gasteiger partial charge on any atom is 0.257 e. The average Bonchev–Trinajstić information content (AvgIpc) is 2.63. The van der Waals surface area contributed by atoms with E-state index in [4.69, 9.17) is 9.47 Å². The van der Waals surface area contributed by atoms with E-state index in [9.17, 15) is 4.79 Å². The Labute approximate surface area is 148 Å². The molecule has 7 nitrogen and oxygen atoms in total. The molecular weight excluding hydrogens is 376 g/mol. The largest absolute Gasteiger partial charge is 0.497 e. The van der Waals surface area contributed by atoms with Crippen LogP contribution in [0, 0.1) is 0 Å². The van der Waals surface area contributed by atoms with E-state index in [1.54, 1.807) is 37.7 Å². The number of halogens is 1. The summed E-state index contributed by atoms with van der Waals surface area (Å²) in [4.78, 5) is 23.1. The van der Waals surface area contributed by atoms with E-state index in [0.29, 0.717) is 40.6 Å². The lowest BCUT2D eigenvalue weighted by Crippen LogP contribution is -2.37. The molecule has 1 amide bonds. The van der Waals surface area contributed by atoms with Crippen molar-refractivity contribution in [2.45, 2.75) is 0 Å². The molecule has 0 spiro atoms. The second-order valence-electron chi connectivity index (χ2n) is 5.17. The molecule has 1 aliphatic heterocycles. The number of nitrogens with zero attached hydrogens (tertiary/aromatic N) is 3. The maximum atomic E-state index is 12.4. The van der Waals surface area contributed by atoms with Gasteiger partial charge in [-0.25, -0.2) is 9.97 Å². The second kappa shape index (κ2) is 7.59. The number of nitrogens with one attached hydrogen (secondary N) is 1. The first-order valence-electron chi connectivity index (χ1n) is 7.47. The molecule has 0 saturated carbocycles. The van der Waals surface area contributed by atoms with Gasteiger partial charge in [0.25, 0.3) is 5.91 Å². The number of hydrogen-bond donors (Lipinski definition) is 1. The van der Waals surface area contributed by atoms with Crippen molar-refractivity contribution in [2.24, 2.45) is 0 Å². The Hall–Kier alpha value is -2.19. The lowest BCUT2D eigenvalue weighted by atomic mass is 10.2. The zero-order chi connectivity index (χ0) is 16.9. The molecular formula is C16H17BrN4O3. The van der Waals surface area contributed by atoms with Crippen LogP contribution in [0.2, 0.25) is 0 Å². The lowest BCUT2D eigenvalue weighted by Gasteiger charge is -2.26. The number of benzene rings is 1. The number of ether oxygens (including phenoxy) is 2. The van der Waals surface area contributed by atoms with Gasteiger partial charge in [-0.05, 0) is 34.1 Å². The van der Waals surface area contributed by atoms with Crippen LogP contribution in [0.3, 0.4) is 0 Å². The number of carbonyl (C=O) groups excluding carboxylic acids is 1. The van der Waals surface area contributed by atoms with Gasteiger partial charge in [-0.3, -0.25) is 4.79 Å². The van der Waals surface area contributed by atoms with Gasteiger partial charge in [0.15, 0.2) is 0 Å². The molecule has 1 aromatic carbocycles. The molecule has 3 rings (SSSR count). The zero-order valence-corrected chi connectivity index (χ0v) is 14.7. The monoisotopic (exact) mass is 392 g/mol. The number of amides is 1. The molecule has 0 radical (unpaired) electrons. The molecule has 2 aromatic rings. The molecule has 0 aliphatic carbocycles. The predicted octanol–water partition coefficient (Wildman–Crippen LogP) is 2.34. The molecule has 0 bridgehead atoms. The number of carbonyl (C=O) groups is 1. The van der Waals surface area contributed by atoms with Crippen molar-refractivity contribution < 1.29 is 14.3 Å². The highest BCUT2D eigenvalue weighted by atomic mass is 79.9. The van der Waals surface area contributed by atoms with Crippen LogP contribution in [0.1, 0.15) is 10.4 Å². The first-order chi connectivity index (χ1) is 11.7. The van der Waals surface area contributed by atoms with Crippen LogP contribution < -0.4 is 15.0 Å². The Morgan fingerprint density at radius 1 is 1.29 bits per heavy atom. The molecule has 1 aromatic heterocycles. The highest BCUT2D eigenvalue weighted by molar-refractivity contribution is 9.10. The predicted molar refractivity (Wildman–Crippen MR) is 93.7 cm³/mol. The van der Waals surface area contributed by atoms with Gasteiger partial charge >= 0.3 is 0 Å². The summed E-state index contributed by atoms with van der Waals surface area (Å²) in [5.41, 5.74) is 1.01. The van der Waals surface area contributed by atoms with Gasteiger partial charge in [-0.15, -0.1) is 0 Å². The van der Waals surface area contributed by atoms with Crippen molar-refractivity contribution >= 4 is 33.5 Å². The third-order valence-electron chi connectivity index (χ3n) is 3.61. The number of aromatic nitrogens is 2. The fourth-order valence-corrected chi connectivity index (χ4v) is 2.74. The fraction of sp³-hybridized carbons (Fsp3) is 0.312. The summed E-state index contributed by atoms with van der Waals surface area (Å²) < 4.78 is 11.1. The Morgan fingerprint density at radius 2 is 2.00 bits per heavy atom. The number of rotatable bonds is 4. The van der Waals surface area contributed by atoms with Crippen LogP contribution in [-0.4, -0.2) is 49.3 Å². The van der Waals surface area contributed by atoms with E-state index in [0.717, 1.165) is 13.1 Å². The molecule has 126 valence electrons. The van der Waals surface area contributed by atoms with Crippen molar-refractivity contribution in [2.75, 3.05) is 43.6 Å². The van der Waals surface area contributed by atoms with Crippen molar-refractivity contribution in [3.05, 3.63) is 40.6 Å². The number of morpholine rings is 1. The molecule has 1 N–H and O–H groups in total.